The summed E-state index contributed by atoms with van der Waals surface area (Å²) < 4.78 is 27.4. The third-order valence-corrected chi connectivity index (χ3v) is 6.13. The normalized spacial score (nSPS) is 15.6. The summed E-state index contributed by atoms with van der Waals surface area (Å²) in [5.41, 5.74) is -0.703. The molecule has 18 heavy (non-hydrogen) atoms. The highest BCUT2D eigenvalue weighted by molar-refractivity contribution is 7.89. The standard InChI is InChI=1S/C10H15Cl2NO3S2/c1-3-10(2,4-5-14)13-18(15,16)7-6-8(11)17-9(7)12/h6,13-14H,3-5H2,1-2H3. The summed E-state index contributed by atoms with van der Waals surface area (Å²) in [6.45, 7) is 3.49. The molecule has 1 aromatic rings. The predicted molar refractivity (Wildman–Crippen MR) is 75.1 cm³/mol. The lowest BCUT2D eigenvalue weighted by Crippen LogP contribution is -2.45. The van der Waals surface area contributed by atoms with Gasteiger partial charge in [-0.3, -0.25) is 0 Å². The quantitative estimate of drug-likeness (QED) is 0.842. The highest BCUT2D eigenvalue weighted by atomic mass is 35.5. The van der Waals surface area contributed by atoms with Crippen LogP contribution in [0.1, 0.15) is 26.7 Å². The van der Waals surface area contributed by atoms with Crippen molar-refractivity contribution >= 4 is 44.6 Å². The summed E-state index contributed by atoms with van der Waals surface area (Å²) in [4.78, 5) is -0.0169. The molecule has 0 aromatic carbocycles. The van der Waals surface area contributed by atoms with E-state index in [2.05, 4.69) is 4.72 Å². The van der Waals surface area contributed by atoms with Crippen LogP contribution < -0.4 is 4.72 Å². The van der Waals surface area contributed by atoms with Crippen molar-refractivity contribution in [2.75, 3.05) is 6.61 Å². The number of halogens is 2. The molecule has 2 N–H and O–H groups in total. The van der Waals surface area contributed by atoms with E-state index in [4.69, 9.17) is 28.3 Å². The largest absolute Gasteiger partial charge is 0.396 e. The van der Waals surface area contributed by atoms with Crippen molar-refractivity contribution in [3.63, 3.8) is 0 Å². The Morgan fingerprint density at radius 1 is 1.50 bits per heavy atom. The van der Waals surface area contributed by atoms with E-state index in [1.54, 1.807) is 6.92 Å². The molecule has 4 nitrogen and oxygen atoms in total. The average Bonchev–Trinajstić information content (AvgIpc) is 2.58. The monoisotopic (exact) mass is 331 g/mol. The Bertz CT molecular complexity index is 515. The molecule has 104 valence electrons. The molecule has 1 aromatic heterocycles. The minimum Gasteiger partial charge on any atom is -0.396 e. The van der Waals surface area contributed by atoms with Crippen LogP contribution in [0, 0.1) is 0 Å². The van der Waals surface area contributed by atoms with Crippen molar-refractivity contribution in [2.24, 2.45) is 0 Å². The van der Waals surface area contributed by atoms with Gasteiger partial charge in [-0.2, -0.15) is 0 Å². The maximum atomic E-state index is 12.2. The van der Waals surface area contributed by atoms with Crippen LogP contribution in [0.2, 0.25) is 8.67 Å². The van der Waals surface area contributed by atoms with Crippen molar-refractivity contribution in [1.82, 2.24) is 4.72 Å². The lowest BCUT2D eigenvalue weighted by atomic mass is 9.97. The van der Waals surface area contributed by atoms with E-state index in [1.165, 1.54) is 6.07 Å². The van der Waals surface area contributed by atoms with E-state index in [0.29, 0.717) is 17.2 Å². The number of rotatable bonds is 6. The molecule has 0 fully saturated rings. The minimum absolute atomic E-state index is 0.0169. The van der Waals surface area contributed by atoms with Gasteiger partial charge in [0, 0.05) is 12.1 Å². The van der Waals surface area contributed by atoms with Crippen LogP contribution in [0.15, 0.2) is 11.0 Å². The highest BCUT2D eigenvalue weighted by Gasteiger charge is 2.30. The van der Waals surface area contributed by atoms with Crippen LogP contribution >= 0.6 is 34.5 Å². The van der Waals surface area contributed by atoms with E-state index in [1.807, 2.05) is 6.92 Å². The maximum absolute atomic E-state index is 12.2. The molecule has 0 bridgehead atoms. The molecule has 1 heterocycles. The van der Waals surface area contributed by atoms with Gasteiger partial charge in [0.15, 0.2) is 0 Å². The Balaban J connectivity index is 3.05. The first-order chi connectivity index (χ1) is 8.24. The van der Waals surface area contributed by atoms with Crippen molar-refractivity contribution in [3.8, 4) is 0 Å². The number of hydrogen-bond donors (Lipinski definition) is 2. The van der Waals surface area contributed by atoms with E-state index in [-0.39, 0.29) is 15.8 Å². The molecule has 1 rings (SSSR count). The molecule has 0 spiro atoms. The van der Waals surface area contributed by atoms with Crippen molar-refractivity contribution in [2.45, 2.75) is 37.1 Å². The fourth-order valence-electron chi connectivity index (χ4n) is 1.43. The van der Waals surface area contributed by atoms with Gasteiger partial charge in [0.25, 0.3) is 0 Å². The average molecular weight is 332 g/mol. The summed E-state index contributed by atoms with van der Waals surface area (Å²) in [6.07, 6.45) is 0.889. The first-order valence-corrected chi connectivity index (χ1v) is 8.39. The smallest absolute Gasteiger partial charge is 0.243 e. The van der Waals surface area contributed by atoms with Crippen LogP contribution in [0.5, 0.6) is 0 Å². The first-order valence-electron chi connectivity index (χ1n) is 5.34. The van der Waals surface area contributed by atoms with Gasteiger partial charge >= 0.3 is 0 Å². The summed E-state index contributed by atoms with van der Waals surface area (Å²) in [7, 11) is -3.73. The zero-order chi connectivity index (χ0) is 14.0. The van der Waals surface area contributed by atoms with Crippen LogP contribution in [-0.4, -0.2) is 25.7 Å². The van der Waals surface area contributed by atoms with E-state index < -0.39 is 15.6 Å². The maximum Gasteiger partial charge on any atom is 0.243 e. The molecule has 1 unspecified atom stereocenters. The fourth-order valence-corrected chi connectivity index (χ4v) is 5.09. The van der Waals surface area contributed by atoms with Gasteiger partial charge in [-0.1, -0.05) is 30.1 Å². The van der Waals surface area contributed by atoms with Crippen LogP contribution in [-0.2, 0) is 10.0 Å². The van der Waals surface area contributed by atoms with E-state index in [9.17, 15) is 8.42 Å². The summed E-state index contributed by atoms with van der Waals surface area (Å²) >= 11 is 12.6. The highest BCUT2D eigenvalue weighted by Crippen LogP contribution is 2.35. The minimum atomic E-state index is -3.73. The Kier molecular flexibility index (Phi) is 5.46. The zero-order valence-corrected chi connectivity index (χ0v) is 13.2. The van der Waals surface area contributed by atoms with Gasteiger partial charge in [0.05, 0.1) is 4.34 Å². The van der Waals surface area contributed by atoms with Crippen molar-refractivity contribution < 1.29 is 13.5 Å². The summed E-state index contributed by atoms with van der Waals surface area (Å²) in [5, 5.41) is 8.98. The van der Waals surface area contributed by atoms with Crippen molar-refractivity contribution in [3.05, 3.63) is 14.7 Å². The number of nitrogens with one attached hydrogen (secondary N) is 1. The van der Waals surface area contributed by atoms with Gasteiger partial charge in [-0.05, 0) is 25.8 Å². The van der Waals surface area contributed by atoms with Gasteiger partial charge in [0.1, 0.15) is 9.23 Å². The molecule has 0 saturated heterocycles. The molecule has 0 aliphatic rings. The molecule has 0 saturated carbocycles. The molecule has 1 atom stereocenters. The Hall–Kier alpha value is 0.150. The number of sulfonamides is 1. The Morgan fingerprint density at radius 3 is 2.50 bits per heavy atom. The van der Waals surface area contributed by atoms with Crippen LogP contribution in [0.3, 0.4) is 0 Å². The number of aliphatic hydroxyl groups excluding tert-OH is 1. The van der Waals surface area contributed by atoms with Crippen LogP contribution in [0.4, 0.5) is 0 Å². The first kappa shape index (κ1) is 16.2. The van der Waals surface area contributed by atoms with Gasteiger partial charge in [0.2, 0.25) is 10.0 Å². The van der Waals surface area contributed by atoms with E-state index in [0.717, 1.165) is 11.3 Å². The molecule has 0 aliphatic carbocycles. The third-order valence-electron chi connectivity index (χ3n) is 2.74. The Morgan fingerprint density at radius 2 is 2.11 bits per heavy atom. The number of hydrogen-bond acceptors (Lipinski definition) is 4. The summed E-state index contributed by atoms with van der Waals surface area (Å²) in [6, 6.07) is 1.33. The molecule has 0 aliphatic heterocycles. The second kappa shape index (κ2) is 6.07. The fraction of sp³-hybridized carbons (Fsp3) is 0.600. The predicted octanol–water partition coefficient (Wildman–Crippen LogP) is 2.88. The second-order valence-corrected chi connectivity index (χ2v) is 8.12. The Labute approximate surface area is 121 Å². The molecule has 0 amide bonds. The van der Waals surface area contributed by atoms with Gasteiger partial charge in [-0.25, -0.2) is 13.1 Å². The van der Waals surface area contributed by atoms with Gasteiger partial charge < -0.3 is 5.11 Å². The SMILES string of the molecule is CCC(C)(CCO)NS(=O)(=O)c1cc(Cl)sc1Cl. The lowest BCUT2D eigenvalue weighted by molar-refractivity contribution is 0.233. The number of thiophene rings is 1. The molecular weight excluding hydrogens is 317 g/mol. The number of aliphatic hydroxyl groups is 1. The molecular formula is C10H15Cl2NO3S2. The van der Waals surface area contributed by atoms with E-state index >= 15 is 0 Å². The second-order valence-electron chi connectivity index (χ2n) is 4.18. The molecule has 8 heteroatoms. The van der Waals surface area contributed by atoms with Crippen LogP contribution in [0.25, 0.3) is 0 Å². The molecule has 0 radical (unpaired) electrons. The lowest BCUT2D eigenvalue weighted by Gasteiger charge is -2.28. The van der Waals surface area contributed by atoms with Gasteiger partial charge in [-0.15, -0.1) is 11.3 Å². The third kappa shape index (κ3) is 3.82. The zero-order valence-electron chi connectivity index (χ0n) is 10.0. The van der Waals surface area contributed by atoms with Crippen molar-refractivity contribution in [1.29, 1.82) is 0 Å². The topological polar surface area (TPSA) is 66.4 Å². The summed E-state index contributed by atoms with van der Waals surface area (Å²) in [5.74, 6) is 0.